The number of hydrogen-bond donors (Lipinski definition) is 2. The van der Waals surface area contributed by atoms with Crippen molar-refractivity contribution in [2.75, 3.05) is 10.6 Å². The van der Waals surface area contributed by atoms with Crippen LogP contribution in [0, 0.1) is 6.92 Å². The van der Waals surface area contributed by atoms with Crippen LogP contribution in [-0.2, 0) is 4.79 Å². The number of anilines is 2. The Morgan fingerprint density at radius 3 is 1.88 bits per heavy atom. The number of carbonyl (C=O) groups is 2. The third-order valence-electron chi connectivity index (χ3n) is 4.15. The summed E-state index contributed by atoms with van der Waals surface area (Å²) in [7, 11) is 0. The van der Waals surface area contributed by atoms with Gasteiger partial charge in [0.15, 0.2) is 0 Å². The molecule has 0 atom stereocenters. The molecule has 0 aliphatic heterocycles. The smallest absolute Gasteiger partial charge is 0.255 e. The van der Waals surface area contributed by atoms with Crippen molar-refractivity contribution in [3.05, 3.63) is 83.9 Å². The molecule has 0 aliphatic carbocycles. The van der Waals surface area contributed by atoms with Gasteiger partial charge < -0.3 is 10.6 Å². The zero-order chi connectivity index (χ0) is 18.5. The van der Waals surface area contributed by atoms with E-state index in [2.05, 4.69) is 10.6 Å². The lowest BCUT2D eigenvalue weighted by Gasteiger charge is -2.13. The molecule has 3 aromatic carbocycles. The summed E-state index contributed by atoms with van der Waals surface area (Å²) in [5.74, 6) is -0.333. The van der Waals surface area contributed by atoms with Gasteiger partial charge >= 0.3 is 0 Å². The zero-order valence-electron chi connectivity index (χ0n) is 14.7. The summed E-state index contributed by atoms with van der Waals surface area (Å²) in [5.41, 5.74) is 4.93. The van der Waals surface area contributed by atoms with Gasteiger partial charge in [0.2, 0.25) is 5.91 Å². The summed E-state index contributed by atoms with van der Waals surface area (Å²) in [6.45, 7) is 3.32. The minimum Gasteiger partial charge on any atom is -0.326 e. The van der Waals surface area contributed by atoms with Gasteiger partial charge in [-0.1, -0.05) is 48.5 Å². The predicted octanol–water partition coefficient (Wildman–Crippen LogP) is 4.87. The lowest BCUT2D eigenvalue weighted by atomic mass is 10.0. The maximum Gasteiger partial charge on any atom is 0.255 e. The average Bonchev–Trinajstić information content (AvgIpc) is 2.65. The Morgan fingerprint density at radius 1 is 0.692 bits per heavy atom. The van der Waals surface area contributed by atoms with Crippen molar-refractivity contribution in [1.29, 1.82) is 0 Å². The molecule has 0 bridgehead atoms. The van der Waals surface area contributed by atoms with Crippen LogP contribution in [0.1, 0.15) is 22.8 Å². The van der Waals surface area contributed by atoms with E-state index >= 15 is 0 Å². The quantitative estimate of drug-likeness (QED) is 0.709. The van der Waals surface area contributed by atoms with Crippen LogP contribution in [0.3, 0.4) is 0 Å². The normalized spacial score (nSPS) is 10.2. The Kier molecular flexibility index (Phi) is 5.13. The summed E-state index contributed by atoms with van der Waals surface area (Å²) >= 11 is 0. The molecular formula is C22H20N2O2. The molecular weight excluding hydrogens is 324 g/mol. The predicted molar refractivity (Wildman–Crippen MR) is 105 cm³/mol. The van der Waals surface area contributed by atoms with E-state index in [1.54, 1.807) is 12.1 Å². The van der Waals surface area contributed by atoms with Crippen LogP contribution in [0.5, 0.6) is 0 Å². The summed E-state index contributed by atoms with van der Waals surface area (Å²) in [6.07, 6.45) is 0. The van der Waals surface area contributed by atoms with Gasteiger partial charge in [-0.2, -0.15) is 0 Å². The molecule has 0 unspecified atom stereocenters. The van der Waals surface area contributed by atoms with Crippen LogP contribution in [-0.4, -0.2) is 11.8 Å². The minimum atomic E-state index is -0.187. The van der Waals surface area contributed by atoms with Gasteiger partial charge in [-0.3, -0.25) is 9.59 Å². The van der Waals surface area contributed by atoms with E-state index in [4.69, 9.17) is 0 Å². The molecule has 2 amide bonds. The maximum atomic E-state index is 12.5. The van der Waals surface area contributed by atoms with Crippen molar-refractivity contribution in [3.63, 3.8) is 0 Å². The zero-order valence-corrected chi connectivity index (χ0v) is 14.7. The van der Waals surface area contributed by atoms with E-state index in [0.717, 1.165) is 16.7 Å². The Bertz CT molecular complexity index is 932. The molecule has 0 saturated carbocycles. The fourth-order valence-electron chi connectivity index (χ4n) is 2.74. The lowest BCUT2D eigenvalue weighted by Crippen LogP contribution is -2.14. The standard InChI is InChI=1S/C22H20N2O2/c1-15-20(23-16(2)25)9-6-10-21(15)24-22(26)19-13-11-18(12-14-19)17-7-4-3-5-8-17/h3-14H,1-2H3,(H,23,25)(H,24,26). The molecule has 3 aromatic rings. The number of nitrogens with one attached hydrogen (secondary N) is 2. The number of benzene rings is 3. The Morgan fingerprint density at radius 2 is 1.27 bits per heavy atom. The molecule has 0 aliphatic rings. The first-order valence-electron chi connectivity index (χ1n) is 8.38. The molecule has 0 spiro atoms. The van der Waals surface area contributed by atoms with Crippen LogP contribution in [0.4, 0.5) is 11.4 Å². The fraction of sp³-hybridized carbons (Fsp3) is 0.0909. The van der Waals surface area contributed by atoms with Crippen LogP contribution in [0.2, 0.25) is 0 Å². The fourth-order valence-corrected chi connectivity index (χ4v) is 2.74. The molecule has 130 valence electrons. The van der Waals surface area contributed by atoms with Crippen molar-refractivity contribution >= 4 is 23.2 Å². The molecule has 0 aromatic heterocycles. The summed E-state index contributed by atoms with van der Waals surface area (Å²) in [5, 5.41) is 5.67. The van der Waals surface area contributed by atoms with Crippen LogP contribution in [0.15, 0.2) is 72.8 Å². The molecule has 26 heavy (non-hydrogen) atoms. The van der Waals surface area contributed by atoms with E-state index < -0.39 is 0 Å². The van der Waals surface area contributed by atoms with E-state index in [1.165, 1.54) is 6.92 Å². The lowest BCUT2D eigenvalue weighted by molar-refractivity contribution is -0.114. The SMILES string of the molecule is CC(=O)Nc1cccc(NC(=O)c2ccc(-c3ccccc3)cc2)c1C. The highest BCUT2D eigenvalue weighted by Gasteiger charge is 2.10. The highest BCUT2D eigenvalue weighted by Crippen LogP contribution is 2.24. The van der Waals surface area contributed by atoms with Crippen molar-refractivity contribution in [1.82, 2.24) is 0 Å². The highest BCUT2D eigenvalue weighted by molar-refractivity contribution is 6.05. The monoisotopic (exact) mass is 344 g/mol. The van der Waals surface area contributed by atoms with Gasteiger partial charge in [0.1, 0.15) is 0 Å². The van der Waals surface area contributed by atoms with Crippen molar-refractivity contribution < 1.29 is 9.59 Å². The van der Waals surface area contributed by atoms with Crippen molar-refractivity contribution in [3.8, 4) is 11.1 Å². The topological polar surface area (TPSA) is 58.2 Å². The molecule has 4 nitrogen and oxygen atoms in total. The van der Waals surface area contributed by atoms with Crippen molar-refractivity contribution in [2.24, 2.45) is 0 Å². The Balaban J connectivity index is 1.77. The van der Waals surface area contributed by atoms with E-state index in [0.29, 0.717) is 16.9 Å². The van der Waals surface area contributed by atoms with Crippen LogP contribution >= 0.6 is 0 Å². The number of carbonyl (C=O) groups excluding carboxylic acids is 2. The maximum absolute atomic E-state index is 12.5. The summed E-state index contributed by atoms with van der Waals surface area (Å²) < 4.78 is 0. The van der Waals surface area contributed by atoms with Gasteiger partial charge in [-0.25, -0.2) is 0 Å². The molecule has 2 N–H and O–H groups in total. The Labute approximate surface area is 152 Å². The van der Waals surface area contributed by atoms with Gasteiger partial charge in [-0.05, 0) is 47.9 Å². The van der Waals surface area contributed by atoms with Crippen molar-refractivity contribution in [2.45, 2.75) is 13.8 Å². The van der Waals surface area contributed by atoms with Gasteiger partial charge in [0.05, 0.1) is 0 Å². The first kappa shape index (κ1) is 17.4. The minimum absolute atomic E-state index is 0.145. The van der Waals surface area contributed by atoms with E-state index in [-0.39, 0.29) is 11.8 Å². The largest absolute Gasteiger partial charge is 0.326 e. The molecule has 0 radical (unpaired) electrons. The summed E-state index contributed by atoms with van der Waals surface area (Å²) in [6, 6.07) is 22.9. The second kappa shape index (κ2) is 7.66. The molecule has 3 rings (SSSR count). The second-order valence-corrected chi connectivity index (χ2v) is 6.06. The third kappa shape index (κ3) is 3.98. The van der Waals surface area contributed by atoms with E-state index in [9.17, 15) is 9.59 Å². The van der Waals surface area contributed by atoms with Crippen LogP contribution < -0.4 is 10.6 Å². The third-order valence-corrected chi connectivity index (χ3v) is 4.15. The molecule has 0 saturated heterocycles. The average molecular weight is 344 g/mol. The highest BCUT2D eigenvalue weighted by atomic mass is 16.2. The summed E-state index contributed by atoms with van der Waals surface area (Å²) in [4.78, 5) is 23.8. The second-order valence-electron chi connectivity index (χ2n) is 6.06. The molecule has 0 fully saturated rings. The number of amides is 2. The number of hydrogen-bond acceptors (Lipinski definition) is 2. The van der Waals surface area contributed by atoms with Gasteiger partial charge in [0.25, 0.3) is 5.91 Å². The molecule has 4 heteroatoms. The molecule has 0 heterocycles. The van der Waals surface area contributed by atoms with Gasteiger partial charge in [-0.15, -0.1) is 0 Å². The van der Waals surface area contributed by atoms with Crippen LogP contribution in [0.25, 0.3) is 11.1 Å². The first-order chi connectivity index (χ1) is 12.5. The first-order valence-corrected chi connectivity index (χ1v) is 8.38. The van der Waals surface area contributed by atoms with E-state index in [1.807, 2.05) is 67.6 Å². The Hall–Kier alpha value is -3.40. The number of rotatable bonds is 4. The van der Waals surface area contributed by atoms with Gasteiger partial charge in [0, 0.05) is 23.9 Å².